The zero-order valence-electron chi connectivity index (χ0n) is 15.2. The number of nitrogens with two attached hydrogens (primary N) is 1. The van der Waals surface area contributed by atoms with Crippen molar-refractivity contribution in [2.75, 3.05) is 25.9 Å². The van der Waals surface area contributed by atoms with Gasteiger partial charge in [0, 0.05) is 18.2 Å². The van der Waals surface area contributed by atoms with E-state index in [9.17, 15) is 4.79 Å². The van der Waals surface area contributed by atoms with Crippen molar-refractivity contribution < 1.29 is 9.53 Å². The van der Waals surface area contributed by atoms with E-state index in [0.29, 0.717) is 6.42 Å². The van der Waals surface area contributed by atoms with Gasteiger partial charge in [-0.2, -0.15) is 0 Å². The number of anilines is 1. The maximum Gasteiger partial charge on any atom is 0.120 e. The monoisotopic (exact) mass is 332 g/mol. The molecule has 134 valence electrons. The molecule has 0 aromatic heterocycles. The van der Waals surface area contributed by atoms with Crippen LogP contribution in [0.1, 0.15) is 63.5 Å². The number of nitrogen functional groups attached to an aromatic ring is 1. The lowest BCUT2D eigenvalue weighted by Crippen LogP contribution is -2.37. The number of hydrogen-bond donors (Lipinski definition) is 1. The van der Waals surface area contributed by atoms with E-state index in [4.69, 9.17) is 10.5 Å². The highest BCUT2D eigenvalue weighted by atomic mass is 16.5. The van der Waals surface area contributed by atoms with Crippen LogP contribution in [0.3, 0.4) is 0 Å². The van der Waals surface area contributed by atoms with Gasteiger partial charge in [0.1, 0.15) is 12.0 Å². The number of piperidine rings is 1. The van der Waals surface area contributed by atoms with Crippen molar-refractivity contribution in [2.24, 2.45) is 5.92 Å². The number of carbonyl (C=O) groups is 1. The summed E-state index contributed by atoms with van der Waals surface area (Å²) in [4.78, 5) is 13.4. The van der Waals surface area contributed by atoms with Gasteiger partial charge in [-0.1, -0.05) is 26.2 Å². The average Bonchev–Trinajstić information content (AvgIpc) is 2.62. The Labute approximate surface area is 146 Å². The van der Waals surface area contributed by atoms with Crippen LogP contribution in [0.15, 0.2) is 18.2 Å². The van der Waals surface area contributed by atoms with Gasteiger partial charge in [0.25, 0.3) is 0 Å². The molecule has 0 bridgehead atoms. The van der Waals surface area contributed by atoms with Crippen LogP contribution in [-0.4, -0.2) is 31.4 Å². The van der Waals surface area contributed by atoms with Crippen LogP contribution in [0.5, 0.6) is 5.75 Å². The van der Waals surface area contributed by atoms with Gasteiger partial charge >= 0.3 is 0 Å². The van der Waals surface area contributed by atoms with Gasteiger partial charge in [-0.15, -0.1) is 0 Å². The maximum atomic E-state index is 10.9. The molecule has 0 spiro atoms. The Morgan fingerprint density at radius 3 is 2.75 bits per heavy atom. The van der Waals surface area contributed by atoms with Crippen molar-refractivity contribution in [3.8, 4) is 5.75 Å². The smallest absolute Gasteiger partial charge is 0.120 e. The van der Waals surface area contributed by atoms with Crippen molar-refractivity contribution in [1.82, 2.24) is 4.90 Å². The van der Waals surface area contributed by atoms with Gasteiger partial charge < -0.3 is 15.3 Å². The van der Waals surface area contributed by atoms with Gasteiger partial charge in [-0.05, 0) is 62.0 Å². The van der Waals surface area contributed by atoms with Crippen LogP contribution >= 0.6 is 0 Å². The zero-order chi connectivity index (χ0) is 17.4. The third-order valence-corrected chi connectivity index (χ3v) is 5.27. The second kappa shape index (κ2) is 9.67. The molecule has 4 nitrogen and oxygen atoms in total. The van der Waals surface area contributed by atoms with Gasteiger partial charge in [0.2, 0.25) is 0 Å². The minimum absolute atomic E-state index is 0.206. The summed E-state index contributed by atoms with van der Waals surface area (Å²) in [6.07, 6.45) is 8.87. The van der Waals surface area contributed by atoms with Crippen molar-refractivity contribution in [2.45, 2.75) is 57.9 Å². The lowest BCUT2D eigenvalue weighted by Gasteiger charge is -2.38. The molecular formula is C20H32N2O2. The van der Waals surface area contributed by atoms with Gasteiger partial charge in [-0.3, -0.25) is 4.90 Å². The molecule has 1 aliphatic rings. The van der Waals surface area contributed by atoms with Crippen LogP contribution in [0.4, 0.5) is 5.69 Å². The minimum Gasteiger partial charge on any atom is -0.497 e. The summed E-state index contributed by atoms with van der Waals surface area (Å²) in [5, 5.41) is 0. The first-order chi connectivity index (χ1) is 11.7. The fourth-order valence-corrected chi connectivity index (χ4v) is 3.78. The number of carbonyl (C=O) groups excluding carboxylic acids is 1. The van der Waals surface area contributed by atoms with Crippen LogP contribution in [0.2, 0.25) is 0 Å². The number of nitrogens with zero attached hydrogens (tertiary/aromatic N) is 1. The molecule has 1 unspecified atom stereocenters. The number of unbranched alkanes of at least 4 members (excludes halogenated alkanes) is 1. The average molecular weight is 332 g/mol. The molecular weight excluding hydrogens is 300 g/mol. The van der Waals surface area contributed by atoms with Crippen molar-refractivity contribution in [3.05, 3.63) is 23.8 Å². The predicted molar refractivity (Wildman–Crippen MR) is 99.3 cm³/mol. The quantitative estimate of drug-likeness (QED) is 0.544. The highest BCUT2D eigenvalue weighted by Crippen LogP contribution is 2.35. The Morgan fingerprint density at radius 2 is 2.12 bits per heavy atom. The number of benzene rings is 1. The summed E-state index contributed by atoms with van der Waals surface area (Å²) < 4.78 is 5.37. The SMILES string of the molecule is CCCCC1CCN(C(CCC=O)c2cc(OC)ccc2N)CC1. The molecule has 2 N–H and O–H groups in total. The normalized spacial score (nSPS) is 17.6. The van der Waals surface area contributed by atoms with E-state index in [-0.39, 0.29) is 6.04 Å². The van der Waals surface area contributed by atoms with Crippen molar-refractivity contribution >= 4 is 12.0 Å². The van der Waals surface area contributed by atoms with Crippen LogP contribution in [0.25, 0.3) is 0 Å². The third-order valence-electron chi connectivity index (χ3n) is 5.27. The highest BCUT2D eigenvalue weighted by molar-refractivity contribution is 5.53. The minimum atomic E-state index is 0.206. The highest BCUT2D eigenvalue weighted by Gasteiger charge is 2.27. The zero-order valence-corrected chi connectivity index (χ0v) is 15.2. The Kier molecular flexibility index (Phi) is 7.57. The molecule has 1 aliphatic heterocycles. The van der Waals surface area contributed by atoms with Gasteiger partial charge in [-0.25, -0.2) is 0 Å². The molecule has 24 heavy (non-hydrogen) atoms. The molecule has 1 saturated heterocycles. The largest absolute Gasteiger partial charge is 0.497 e. The fraction of sp³-hybridized carbons (Fsp3) is 0.650. The first-order valence-corrected chi connectivity index (χ1v) is 9.30. The first kappa shape index (κ1) is 18.8. The molecule has 0 amide bonds. The van der Waals surface area contributed by atoms with E-state index in [2.05, 4.69) is 11.8 Å². The molecule has 1 atom stereocenters. The third kappa shape index (κ3) is 4.97. The van der Waals surface area contributed by atoms with E-state index < -0.39 is 0 Å². The maximum absolute atomic E-state index is 10.9. The lowest BCUT2D eigenvalue weighted by molar-refractivity contribution is -0.108. The molecule has 1 aromatic rings. The summed E-state index contributed by atoms with van der Waals surface area (Å²) >= 11 is 0. The van der Waals surface area contributed by atoms with Crippen molar-refractivity contribution in [1.29, 1.82) is 0 Å². The first-order valence-electron chi connectivity index (χ1n) is 9.30. The topological polar surface area (TPSA) is 55.6 Å². The van der Waals surface area contributed by atoms with E-state index in [1.807, 2.05) is 18.2 Å². The molecule has 0 radical (unpaired) electrons. The lowest BCUT2D eigenvalue weighted by atomic mass is 9.89. The molecule has 0 saturated carbocycles. The molecule has 1 aromatic carbocycles. The fourth-order valence-electron chi connectivity index (χ4n) is 3.78. The number of aldehydes is 1. The number of rotatable bonds is 9. The molecule has 0 aliphatic carbocycles. The standard InChI is InChI=1S/C20H32N2O2/c1-3-4-6-16-10-12-22(13-11-16)20(7-5-14-23)18-15-17(24-2)8-9-19(18)21/h8-9,14-16,20H,3-7,10-13,21H2,1-2H3. The predicted octanol–water partition coefficient (Wildman–Crippen LogP) is 4.20. The van der Waals surface area contributed by atoms with E-state index in [1.165, 1.54) is 32.1 Å². The summed E-state index contributed by atoms with van der Waals surface area (Å²) in [7, 11) is 1.68. The molecule has 2 rings (SSSR count). The summed E-state index contributed by atoms with van der Waals surface area (Å²) in [6, 6.07) is 6.05. The molecule has 1 heterocycles. The Bertz CT molecular complexity index is 510. The van der Waals surface area contributed by atoms with Gasteiger partial charge in [0.15, 0.2) is 0 Å². The summed E-state index contributed by atoms with van der Waals surface area (Å²) in [5.74, 6) is 1.68. The second-order valence-electron chi connectivity index (χ2n) is 6.88. The molecule has 1 fully saturated rings. The van der Waals surface area contributed by atoms with E-state index in [0.717, 1.165) is 48.7 Å². The number of hydrogen-bond acceptors (Lipinski definition) is 4. The second-order valence-corrected chi connectivity index (χ2v) is 6.88. The van der Waals surface area contributed by atoms with Gasteiger partial charge in [0.05, 0.1) is 7.11 Å². The van der Waals surface area contributed by atoms with Crippen LogP contribution < -0.4 is 10.5 Å². The van der Waals surface area contributed by atoms with E-state index in [1.54, 1.807) is 7.11 Å². The number of ether oxygens (including phenoxy) is 1. The Hall–Kier alpha value is -1.55. The summed E-state index contributed by atoms with van der Waals surface area (Å²) in [6.45, 7) is 4.44. The van der Waals surface area contributed by atoms with Crippen LogP contribution in [-0.2, 0) is 4.79 Å². The summed E-state index contributed by atoms with van der Waals surface area (Å²) in [5.41, 5.74) is 8.14. The van der Waals surface area contributed by atoms with Crippen LogP contribution in [0, 0.1) is 5.92 Å². The molecule has 4 heteroatoms. The Balaban J connectivity index is 2.10. The number of likely N-dealkylation sites (tertiary alicyclic amines) is 1. The van der Waals surface area contributed by atoms with E-state index >= 15 is 0 Å². The Morgan fingerprint density at radius 1 is 1.38 bits per heavy atom. The van der Waals surface area contributed by atoms with Crippen molar-refractivity contribution in [3.63, 3.8) is 0 Å². The number of methoxy groups -OCH3 is 1.